The van der Waals surface area contributed by atoms with E-state index in [0.29, 0.717) is 13.0 Å². The van der Waals surface area contributed by atoms with Crippen molar-refractivity contribution in [1.29, 1.82) is 0 Å². The number of esters is 1. The number of aliphatic hydroxyl groups excluding tert-OH is 2. The minimum atomic E-state index is -4.53. The Hall–Kier alpha value is -1.58. The number of carbonyl (C=O) groups is 1. The van der Waals surface area contributed by atoms with Gasteiger partial charge in [-0.2, -0.15) is 0 Å². The summed E-state index contributed by atoms with van der Waals surface area (Å²) < 4.78 is 33.2. The van der Waals surface area contributed by atoms with Crippen LogP contribution in [-0.4, -0.2) is 66.3 Å². The molecule has 0 aliphatic heterocycles. The van der Waals surface area contributed by atoms with Gasteiger partial charge in [0.2, 0.25) is 0 Å². The number of phosphoric ester groups is 1. The average molecular weight is 757 g/mol. The van der Waals surface area contributed by atoms with Gasteiger partial charge >= 0.3 is 13.8 Å². The van der Waals surface area contributed by atoms with Crippen LogP contribution >= 0.6 is 7.82 Å². The maximum Gasteiger partial charge on any atom is 0.472 e. The van der Waals surface area contributed by atoms with Crippen molar-refractivity contribution >= 4 is 13.8 Å². The second kappa shape index (κ2) is 39.1. The van der Waals surface area contributed by atoms with Crippen LogP contribution in [0.4, 0.5) is 0 Å². The van der Waals surface area contributed by atoms with E-state index in [1.165, 1.54) is 96.3 Å². The Bertz CT molecular complexity index is 950. The second-order valence-electron chi connectivity index (χ2n) is 13.7. The molecular weight excluding hydrogens is 679 g/mol. The lowest BCUT2D eigenvalue weighted by Crippen LogP contribution is -2.29. The summed E-state index contributed by atoms with van der Waals surface area (Å²) in [5.74, 6) is -0.436. The van der Waals surface area contributed by atoms with Crippen molar-refractivity contribution < 1.29 is 43.0 Å². The molecule has 0 aliphatic rings. The number of unbranched alkanes of at least 4 members (excludes halogenated alkanes) is 17. The average Bonchev–Trinajstić information content (AvgIpc) is 3.13. The molecule has 0 bridgehead atoms. The standard InChI is InChI=1S/C42H77O9P/c1-3-5-7-9-11-13-15-17-19-20-21-22-24-26-28-30-32-34-42(45)51-41(39-50-52(46,47)49-37-40(44)36-43)38-48-35-33-31-29-27-25-23-18-16-14-12-10-8-6-4-2/h11,13,17,19,21-22,26,28,40-41,43-44H,3-10,12,14-16,18,20,23-25,27,29-39H2,1-2H3,(H,46,47)/b13-11-,19-17-,22-21-,28-26-/t40-,41+/m0/s1. The van der Waals surface area contributed by atoms with Crippen LogP contribution in [0.2, 0.25) is 0 Å². The van der Waals surface area contributed by atoms with E-state index >= 15 is 0 Å². The highest BCUT2D eigenvalue weighted by atomic mass is 31.2. The number of aliphatic hydroxyl groups is 2. The van der Waals surface area contributed by atoms with E-state index in [1.807, 2.05) is 0 Å². The van der Waals surface area contributed by atoms with Crippen molar-refractivity contribution in [2.24, 2.45) is 0 Å². The lowest BCUT2D eigenvalue weighted by Gasteiger charge is -2.20. The number of hydrogen-bond acceptors (Lipinski definition) is 8. The molecule has 304 valence electrons. The minimum absolute atomic E-state index is 0.0284. The maximum absolute atomic E-state index is 12.6. The van der Waals surface area contributed by atoms with Gasteiger partial charge in [0.1, 0.15) is 12.2 Å². The molecule has 0 saturated carbocycles. The molecule has 3 atom stereocenters. The zero-order chi connectivity index (χ0) is 38.2. The van der Waals surface area contributed by atoms with Crippen molar-refractivity contribution in [3.8, 4) is 0 Å². The Morgan fingerprint density at radius 3 is 1.56 bits per heavy atom. The zero-order valence-electron chi connectivity index (χ0n) is 33.0. The molecule has 0 aromatic rings. The normalized spacial score (nSPS) is 14.6. The Morgan fingerprint density at radius 1 is 0.596 bits per heavy atom. The van der Waals surface area contributed by atoms with Gasteiger partial charge < -0.3 is 24.6 Å². The fraction of sp³-hybridized carbons (Fsp3) is 0.786. The van der Waals surface area contributed by atoms with Gasteiger partial charge in [0, 0.05) is 13.0 Å². The molecule has 0 amide bonds. The van der Waals surface area contributed by atoms with Gasteiger partial charge in [-0.1, -0.05) is 159 Å². The summed E-state index contributed by atoms with van der Waals surface area (Å²) in [6.07, 6.45) is 42.1. The van der Waals surface area contributed by atoms with Gasteiger partial charge in [0.15, 0.2) is 0 Å². The predicted molar refractivity (Wildman–Crippen MR) is 214 cm³/mol. The van der Waals surface area contributed by atoms with Crippen LogP contribution in [0, 0.1) is 0 Å². The van der Waals surface area contributed by atoms with E-state index in [2.05, 4.69) is 62.5 Å². The summed E-state index contributed by atoms with van der Waals surface area (Å²) >= 11 is 0. The second-order valence-corrected chi connectivity index (χ2v) is 15.1. The molecule has 0 fully saturated rings. The minimum Gasteiger partial charge on any atom is -0.457 e. The van der Waals surface area contributed by atoms with E-state index in [0.717, 1.165) is 44.9 Å². The van der Waals surface area contributed by atoms with Crippen molar-refractivity contribution in [1.82, 2.24) is 0 Å². The van der Waals surface area contributed by atoms with Gasteiger partial charge in [-0.15, -0.1) is 0 Å². The third-order valence-corrected chi connectivity index (χ3v) is 9.47. The van der Waals surface area contributed by atoms with E-state index in [9.17, 15) is 19.4 Å². The Balaban J connectivity index is 4.30. The molecule has 0 aromatic heterocycles. The Morgan fingerprint density at radius 2 is 1.04 bits per heavy atom. The summed E-state index contributed by atoms with van der Waals surface area (Å²) in [4.78, 5) is 22.5. The summed E-state index contributed by atoms with van der Waals surface area (Å²) in [5.41, 5.74) is 0. The highest BCUT2D eigenvalue weighted by Crippen LogP contribution is 2.43. The van der Waals surface area contributed by atoms with Crippen molar-refractivity contribution in [3.05, 3.63) is 48.6 Å². The van der Waals surface area contributed by atoms with Crippen molar-refractivity contribution in [2.45, 2.75) is 180 Å². The molecule has 0 heterocycles. The van der Waals surface area contributed by atoms with Gasteiger partial charge in [-0.05, 0) is 51.4 Å². The summed E-state index contributed by atoms with van der Waals surface area (Å²) in [6, 6.07) is 0. The number of ether oxygens (including phenoxy) is 2. The maximum atomic E-state index is 12.6. The van der Waals surface area contributed by atoms with Crippen molar-refractivity contribution in [3.63, 3.8) is 0 Å². The van der Waals surface area contributed by atoms with E-state index in [-0.39, 0.29) is 13.0 Å². The lowest BCUT2D eigenvalue weighted by molar-refractivity contribution is -0.154. The summed E-state index contributed by atoms with van der Waals surface area (Å²) in [5, 5.41) is 18.3. The van der Waals surface area contributed by atoms with Crippen molar-refractivity contribution in [2.75, 3.05) is 33.0 Å². The number of phosphoric acid groups is 1. The monoisotopic (exact) mass is 757 g/mol. The first-order chi connectivity index (χ1) is 25.3. The third kappa shape index (κ3) is 38.2. The Kier molecular flexibility index (Phi) is 37.9. The zero-order valence-corrected chi connectivity index (χ0v) is 33.9. The molecule has 9 nitrogen and oxygen atoms in total. The molecule has 3 N–H and O–H groups in total. The molecule has 1 unspecified atom stereocenters. The number of rotatable bonds is 39. The first kappa shape index (κ1) is 50.4. The number of allylic oxidation sites excluding steroid dienone is 8. The van der Waals surface area contributed by atoms with Gasteiger partial charge in [-0.25, -0.2) is 4.57 Å². The van der Waals surface area contributed by atoms with Gasteiger partial charge in [-0.3, -0.25) is 13.8 Å². The molecule has 52 heavy (non-hydrogen) atoms. The largest absolute Gasteiger partial charge is 0.472 e. The first-order valence-electron chi connectivity index (χ1n) is 20.6. The fourth-order valence-corrected chi connectivity index (χ4v) is 6.14. The van der Waals surface area contributed by atoms with E-state index in [4.69, 9.17) is 23.6 Å². The fourth-order valence-electron chi connectivity index (χ4n) is 5.35. The highest BCUT2D eigenvalue weighted by Gasteiger charge is 2.26. The first-order valence-corrected chi connectivity index (χ1v) is 22.1. The molecule has 0 radical (unpaired) electrons. The quantitative estimate of drug-likeness (QED) is 0.0243. The molecule has 0 spiro atoms. The molecule has 0 aromatic carbocycles. The molecule has 0 rings (SSSR count). The molecular formula is C42H77O9P. The highest BCUT2D eigenvalue weighted by molar-refractivity contribution is 7.47. The summed E-state index contributed by atoms with van der Waals surface area (Å²) in [6.45, 7) is 3.42. The van der Waals surface area contributed by atoms with Gasteiger partial charge in [0.25, 0.3) is 0 Å². The third-order valence-electron chi connectivity index (χ3n) is 8.52. The van der Waals surface area contributed by atoms with Crippen LogP contribution < -0.4 is 0 Å². The smallest absolute Gasteiger partial charge is 0.457 e. The topological polar surface area (TPSA) is 132 Å². The number of carbonyl (C=O) groups excluding carboxylic acids is 1. The SMILES string of the molecule is CCCCC/C=C\C/C=C\C/C=C\C/C=C\CCCC(=O)O[C@H](COCCCCCCCCCCCCCCCC)COP(=O)(O)OC[C@@H](O)CO. The van der Waals surface area contributed by atoms with Crippen LogP contribution in [0.25, 0.3) is 0 Å². The Labute approximate surface area is 317 Å². The number of hydrogen-bond donors (Lipinski definition) is 3. The van der Waals surface area contributed by atoms with Crippen LogP contribution in [-0.2, 0) is 27.9 Å². The predicted octanol–water partition coefficient (Wildman–Crippen LogP) is 11.0. The van der Waals surface area contributed by atoms with Crippen LogP contribution in [0.3, 0.4) is 0 Å². The lowest BCUT2D eigenvalue weighted by atomic mass is 10.0. The van der Waals surface area contributed by atoms with Crippen LogP contribution in [0.15, 0.2) is 48.6 Å². The van der Waals surface area contributed by atoms with Crippen LogP contribution in [0.5, 0.6) is 0 Å². The molecule has 10 heteroatoms. The van der Waals surface area contributed by atoms with E-state index in [1.54, 1.807) is 0 Å². The summed E-state index contributed by atoms with van der Waals surface area (Å²) in [7, 11) is -4.53. The molecule has 0 saturated heterocycles. The van der Waals surface area contributed by atoms with Crippen LogP contribution in [0.1, 0.15) is 168 Å². The molecule has 0 aliphatic carbocycles. The van der Waals surface area contributed by atoms with Gasteiger partial charge in [0.05, 0.1) is 26.4 Å². The van der Waals surface area contributed by atoms with E-state index < -0.39 is 45.8 Å².